The smallest absolute Gasteiger partial charge is 0.112 e. The van der Waals surface area contributed by atoms with Gasteiger partial charge in [-0.1, -0.05) is 58.3 Å². The summed E-state index contributed by atoms with van der Waals surface area (Å²) < 4.78 is 1.13. The zero-order chi connectivity index (χ0) is 14.7. The van der Waals surface area contributed by atoms with Crippen LogP contribution in [0, 0.1) is 0 Å². The Morgan fingerprint density at radius 1 is 0.900 bits per heavy atom. The van der Waals surface area contributed by atoms with Gasteiger partial charge in [-0.25, -0.2) is 0 Å². The zero-order valence-electron chi connectivity index (χ0n) is 14.1. The number of aliphatic hydroxyl groups is 1. The van der Waals surface area contributed by atoms with E-state index in [0.29, 0.717) is 12.6 Å². The molecule has 0 amide bonds. The van der Waals surface area contributed by atoms with E-state index < -0.39 is 0 Å². The van der Waals surface area contributed by atoms with E-state index in [2.05, 4.69) is 14.0 Å². The van der Waals surface area contributed by atoms with E-state index in [-0.39, 0.29) is 0 Å². The van der Waals surface area contributed by atoms with Crippen molar-refractivity contribution in [2.75, 3.05) is 26.7 Å². The summed E-state index contributed by atoms with van der Waals surface area (Å²) in [6.07, 6.45) is 16.7. The normalized spacial score (nSPS) is 26.2. The Morgan fingerprint density at radius 3 is 2.00 bits per heavy atom. The average Bonchev–Trinajstić information content (AvgIpc) is 2.82. The van der Waals surface area contributed by atoms with Gasteiger partial charge in [0.15, 0.2) is 0 Å². The lowest BCUT2D eigenvalue weighted by Gasteiger charge is -2.35. The lowest BCUT2D eigenvalue weighted by Crippen LogP contribution is -2.50. The quantitative estimate of drug-likeness (QED) is 0.413. The molecule has 1 unspecified atom stereocenters. The van der Waals surface area contributed by atoms with Gasteiger partial charge in [0, 0.05) is 12.8 Å². The van der Waals surface area contributed by atoms with Crippen LogP contribution in [-0.4, -0.2) is 42.4 Å². The molecule has 120 valence electrons. The summed E-state index contributed by atoms with van der Waals surface area (Å²) in [6.45, 7) is 5.23. The van der Waals surface area contributed by atoms with E-state index in [1.165, 1.54) is 90.1 Å². The summed E-state index contributed by atoms with van der Waals surface area (Å²) in [5.74, 6) is 0. The second kappa shape index (κ2) is 10.6. The summed E-state index contributed by atoms with van der Waals surface area (Å²) in [5, 5.41) is 9.45. The molecule has 0 aromatic rings. The van der Waals surface area contributed by atoms with Gasteiger partial charge in [0.1, 0.15) is 6.04 Å². The number of aliphatic hydroxyl groups excluding tert-OH is 1. The Hall–Kier alpha value is -0.0800. The van der Waals surface area contributed by atoms with E-state index in [0.717, 1.165) is 4.48 Å². The minimum absolute atomic E-state index is 0.383. The first kappa shape index (κ1) is 18.0. The van der Waals surface area contributed by atoms with Crippen molar-refractivity contribution in [3.8, 4) is 0 Å². The SMILES string of the molecule is CCCCCCCCCCCC[N+]1(C)CCC[C@H]1CO. The molecule has 2 nitrogen and oxygen atoms in total. The van der Waals surface area contributed by atoms with Crippen LogP contribution < -0.4 is 0 Å². The molecule has 1 fully saturated rings. The highest BCUT2D eigenvalue weighted by Crippen LogP contribution is 2.25. The van der Waals surface area contributed by atoms with Crippen LogP contribution in [0.1, 0.15) is 84.0 Å². The molecule has 1 N–H and O–H groups in total. The van der Waals surface area contributed by atoms with E-state index in [1.54, 1.807) is 0 Å². The third-order valence-corrected chi connectivity index (χ3v) is 5.32. The molecule has 0 saturated carbocycles. The number of hydrogen-bond acceptors (Lipinski definition) is 1. The Balaban J connectivity index is 1.92. The Morgan fingerprint density at radius 2 is 1.45 bits per heavy atom. The fraction of sp³-hybridized carbons (Fsp3) is 1.00. The maximum absolute atomic E-state index is 9.45. The van der Waals surface area contributed by atoms with Gasteiger partial charge in [0.2, 0.25) is 0 Å². The summed E-state index contributed by atoms with van der Waals surface area (Å²) in [6, 6.07) is 0.522. The maximum atomic E-state index is 9.45. The number of likely N-dealkylation sites (tertiary alicyclic amines) is 1. The van der Waals surface area contributed by atoms with Gasteiger partial charge >= 0.3 is 0 Å². The molecule has 1 rings (SSSR count). The minimum atomic E-state index is 0.383. The molecule has 2 heteroatoms. The van der Waals surface area contributed by atoms with Crippen LogP contribution in [0.4, 0.5) is 0 Å². The van der Waals surface area contributed by atoms with Crippen molar-refractivity contribution in [1.29, 1.82) is 0 Å². The summed E-state index contributed by atoms with van der Waals surface area (Å²) in [7, 11) is 2.35. The minimum Gasteiger partial charge on any atom is -0.390 e. The Kier molecular flexibility index (Phi) is 9.54. The lowest BCUT2D eigenvalue weighted by atomic mass is 10.1. The predicted octanol–water partition coefficient (Wildman–Crippen LogP) is 4.51. The molecule has 0 bridgehead atoms. The fourth-order valence-electron chi connectivity index (χ4n) is 3.73. The van der Waals surface area contributed by atoms with Crippen molar-refractivity contribution in [2.45, 2.75) is 90.0 Å². The molecule has 0 spiro atoms. The molecule has 0 aromatic carbocycles. The predicted molar refractivity (Wildman–Crippen MR) is 87.9 cm³/mol. The summed E-state index contributed by atoms with van der Waals surface area (Å²) in [4.78, 5) is 0. The summed E-state index contributed by atoms with van der Waals surface area (Å²) in [5.41, 5.74) is 0. The first-order valence-corrected chi connectivity index (χ1v) is 9.18. The van der Waals surface area contributed by atoms with Gasteiger partial charge < -0.3 is 9.59 Å². The first-order valence-electron chi connectivity index (χ1n) is 9.18. The number of nitrogens with zero attached hydrogens (tertiary/aromatic N) is 1. The van der Waals surface area contributed by atoms with Crippen molar-refractivity contribution >= 4 is 0 Å². The molecule has 2 atom stereocenters. The lowest BCUT2D eigenvalue weighted by molar-refractivity contribution is -0.921. The van der Waals surface area contributed by atoms with Crippen LogP contribution in [0.3, 0.4) is 0 Å². The molecule has 0 radical (unpaired) electrons. The molecular weight excluding hydrogens is 246 g/mol. The third-order valence-electron chi connectivity index (χ3n) is 5.32. The fourth-order valence-corrected chi connectivity index (χ4v) is 3.73. The molecule has 20 heavy (non-hydrogen) atoms. The van der Waals surface area contributed by atoms with Crippen molar-refractivity contribution in [1.82, 2.24) is 0 Å². The highest BCUT2D eigenvalue weighted by molar-refractivity contribution is 4.66. The monoisotopic (exact) mass is 284 g/mol. The third kappa shape index (κ3) is 6.58. The number of rotatable bonds is 12. The van der Waals surface area contributed by atoms with Crippen LogP contribution in [0.5, 0.6) is 0 Å². The van der Waals surface area contributed by atoms with E-state index >= 15 is 0 Å². The van der Waals surface area contributed by atoms with Crippen LogP contribution in [0.2, 0.25) is 0 Å². The molecule has 0 aromatic heterocycles. The van der Waals surface area contributed by atoms with Crippen LogP contribution in [0.15, 0.2) is 0 Å². The Labute approximate surface area is 127 Å². The zero-order valence-corrected chi connectivity index (χ0v) is 14.1. The van der Waals surface area contributed by atoms with E-state index in [4.69, 9.17) is 0 Å². The molecule has 1 heterocycles. The topological polar surface area (TPSA) is 20.2 Å². The number of unbranched alkanes of at least 4 members (excludes halogenated alkanes) is 9. The number of quaternary nitrogens is 1. The molecule has 1 aliphatic rings. The van der Waals surface area contributed by atoms with Crippen LogP contribution in [-0.2, 0) is 0 Å². The van der Waals surface area contributed by atoms with Crippen molar-refractivity contribution in [3.05, 3.63) is 0 Å². The Bertz CT molecular complexity index is 231. The van der Waals surface area contributed by atoms with Crippen molar-refractivity contribution in [3.63, 3.8) is 0 Å². The summed E-state index contributed by atoms with van der Waals surface area (Å²) >= 11 is 0. The van der Waals surface area contributed by atoms with Crippen molar-refractivity contribution < 1.29 is 9.59 Å². The van der Waals surface area contributed by atoms with Gasteiger partial charge in [0.05, 0.1) is 26.7 Å². The average molecular weight is 285 g/mol. The maximum Gasteiger partial charge on any atom is 0.112 e. The second-order valence-corrected chi connectivity index (χ2v) is 7.09. The molecular formula is C18H38NO+. The number of likely N-dealkylation sites (N-methyl/N-ethyl adjacent to an activating group) is 1. The number of hydrogen-bond donors (Lipinski definition) is 1. The van der Waals surface area contributed by atoms with Crippen molar-refractivity contribution in [2.24, 2.45) is 0 Å². The van der Waals surface area contributed by atoms with Crippen LogP contribution in [0.25, 0.3) is 0 Å². The van der Waals surface area contributed by atoms with Gasteiger partial charge in [-0.15, -0.1) is 0 Å². The second-order valence-electron chi connectivity index (χ2n) is 7.09. The first-order chi connectivity index (χ1) is 9.73. The standard InChI is InChI=1S/C18H38NO/c1-3-4-5-6-7-8-9-10-11-12-15-19(2)16-13-14-18(19)17-20/h18,20H,3-17H2,1-2H3/q+1/t18-,19?/m0/s1. The van der Waals surface area contributed by atoms with Gasteiger partial charge in [-0.05, 0) is 12.8 Å². The highest BCUT2D eigenvalue weighted by atomic mass is 16.3. The molecule has 0 aliphatic carbocycles. The van der Waals surface area contributed by atoms with Gasteiger partial charge in [-0.3, -0.25) is 0 Å². The largest absolute Gasteiger partial charge is 0.390 e. The van der Waals surface area contributed by atoms with Crippen LogP contribution >= 0.6 is 0 Å². The van der Waals surface area contributed by atoms with Gasteiger partial charge in [0.25, 0.3) is 0 Å². The molecule has 1 aliphatic heterocycles. The van der Waals surface area contributed by atoms with E-state index in [9.17, 15) is 5.11 Å². The van der Waals surface area contributed by atoms with E-state index in [1.807, 2.05) is 0 Å². The molecule has 1 saturated heterocycles. The highest BCUT2D eigenvalue weighted by Gasteiger charge is 2.36. The van der Waals surface area contributed by atoms with Gasteiger partial charge in [-0.2, -0.15) is 0 Å².